The number of nitrogens with one attached hydrogen (secondary N) is 2. The van der Waals surface area contributed by atoms with Gasteiger partial charge in [-0.05, 0) is 55.3 Å². The molecule has 2 N–H and O–H groups in total. The molecular formula is C22H27N5O4S. The average molecular weight is 458 g/mol. The van der Waals surface area contributed by atoms with E-state index in [1.54, 1.807) is 12.3 Å². The lowest BCUT2D eigenvalue weighted by Crippen LogP contribution is -2.36. The van der Waals surface area contributed by atoms with Gasteiger partial charge in [0, 0.05) is 36.9 Å². The Labute approximate surface area is 187 Å². The Morgan fingerprint density at radius 2 is 1.97 bits per heavy atom. The van der Waals surface area contributed by atoms with E-state index >= 15 is 0 Å². The first-order chi connectivity index (χ1) is 15.3. The Hall–Kier alpha value is -2.95. The predicted octanol–water partition coefficient (Wildman–Crippen LogP) is 2.28. The molecule has 2 heterocycles. The van der Waals surface area contributed by atoms with Gasteiger partial charge in [-0.2, -0.15) is 9.40 Å². The topological polar surface area (TPSA) is 108 Å². The lowest BCUT2D eigenvalue weighted by molar-refractivity contribution is -0.116. The number of carbonyl (C=O) groups excluding carboxylic acids is 1. The van der Waals surface area contributed by atoms with E-state index in [0.717, 1.165) is 34.2 Å². The molecule has 10 heteroatoms. The first-order valence-electron chi connectivity index (χ1n) is 10.4. The molecule has 1 fully saturated rings. The summed E-state index contributed by atoms with van der Waals surface area (Å²) in [5.74, 6) is -0.414. The molecule has 1 amide bonds. The molecule has 1 saturated heterocycles. The van der Waals surface area contributed by atoms with Crippen molar-refractivity contribution in [2.24, 2.45) is 0 Å². The number of benzene rings is 2. The van der Waals surface area contributed by atoms with E-state index in [1.807, 2.05) is 38.1 Å². The number of hydrogen-bond acceptors (Lipinski definition) is 6. The minimum Gasteiger partial charge on any atom is -0.378 e. The van der Waals surface area contributed by atoms with Gasteiger partial charge in [-0.1, -0.05) is 0 Å². The number of H-pyrrole nitrogens is 1. The molecule has 170 valence electrons. The smallest absolute Gasteiger partial charge is 0.245 e. The summed E-state index contributed by atoms with van der Waals surface area (Å²) in [6.45, 7) is 6.56. The van der Waals surface area contributed by atoms with Crippen LogP contribution in [0.3, 0.4) is 0 Å². The molecule has 0 saturated carbocycles. The zero-order valence-electron chi connectivity index (χ0n) is 18.4. The molecule has 9 nitrogen and oxygen atoms in total. The van der Waals surface area contributed by atoms with Gasteiger partial charge in [-0.15, -0.1) is 0 Å². The minimum absolute atomic E-state index is 0.103. The standard InChI is InChI=1S/C22H27N5O4S/c1-15-10-17-13-23-25-22(17)20(11-15)32(29,30)26(3)14-21(28)24-18-4-5-19(16(2)12-18)27-6-8-31-9-7-27/h4-5,10-13H,6-9,14H2,1-3H3,(H,23,25)(H,24,28). The molecule has 3 aromatic rings. The number of sulfonamides is 1. The third-order valence-electron chi connectivity index (χ3n) is 5.54. The number of nitrogens with zero attached hydrogens (tertiary/aromatic N) is 3. The summed E-state index contributed by atoms with van der Waals surface area (Å²) in [4.78, 5) is 15.0. The summed E-state index contributed by atoms with van der Waals surface area (Å²) in [6, 6.07) is 9.13. The second-order valence-corrected chi connectivity index (χ2v) is 10.0. The number of fused-ring (bicyclic) bond motifs is 1. The first kappa shape index (κ1) is 22.3. The Balaban J connectivity index is 1.46. The third kappa shape index (κ3) is 4.47. The zero-order chi connectivity index (χ0) is 22.9. The maximum absolute atomic E-state index is 13.1. The van der Waals surface area contributed by atoms with E-state index in [-0.39, 0.29) is 11.4 Å². The molecule has 2 aromatic carbocycles. The second-order valence-electron chi connectivity index (χ2n) is 8.01. The van der Waals surface area contributed by atoms with Crippen molar-refractivity contribution in [3.63, 3.8) is 0 Å². The van der Waals surface area contributed by atoms with Crippen LogP contribution in [0.1, 0.15) is 11.1 Å². The van der Waals surface area contributed by atoms with Gasteiger partial charge in [0.2, 0.25) is 15.9 Å². The van der Waals surface area contributed by atoms with Crippen molar-refractivity contribution in [1.82, 2.24) is 14.5 Å². The van der Waals surface area contributed by atoms with Crippen molar-refractivity contribution >= 4 is 38.2 Å². The number of anilines is 2. The van der Waals surface area contributed by atoms with E-state index in [2.05, 4.69) is 20.4 Å². The van der Waals surface area contributed by atoms with Crippen LogP contribution < -0.4 is 10.2 Å². The van der Waals surface area contributed by atoms with Crippen LogP contribution in [0.2, 0.25) is 0 Å². The quantitative estimate of drug-likeness (QED) is 0.588. The van der Waals surface area contributed by atoms with Crippen molar-refractivity contribution in [1.29, 1.82) is 0 Å². The zero-order valence-corrected chi connectivity index (χ0v) is 19.2. The molecule has 1 aliphatic rings. The van der Waals surface area contributed by atoms with Gasteiger partial charge in [-0.25, -0.2) is 8.42 Å². The number of likely N-dealkylation sites (N-methyl/N-ethyl adjacent to an activating group) is 1. The van der Waals surface area contributed by atoms with Crippen LogP contribution in [0.15, 0.2) is 41.4 Å². The molecule has 1 aromatic heterocycles. The van der Waals surface area contributed by atoms with Crippen LogP contribution >= 0.6 is 0 Å². The van der Waals surface area contributed by atoms with Crippen molar-refractivity contribution in [3.05, 3.63) is 47.7 Å². The largest absolute Gasteiger partial charge is 0.378 e. The molecule has 0 unspecified atom stereocenters. The van der Waals surface area contributed by atoms with Crippen LogP contribution in [0, 0.1) is 13.8 Å². The first-order valence-corrected chi connectivity index (χ1v) is 11.8. The van der Waals surface area contributed by atoms with Gasteiger partial charge in [0.05, 0.1) is 31.5 Å². The van der Waals surface area contributed by atoms with Crippen LogP contribution in [-0.4, -0.2) is 68.7 Å². The molecular weight excluding hydrogens is 430 g/mol. The van der Waals surface area contributed by atoms with E-state index < -0.39 is 15.9 Å². The van der Waals surface area contributed by atoms with E-state index in [9.17, 15) is 13.2 Å². The number of aromatic nitrogens is 2. The molecule has 0 spiro atoms. The number of ether oxygens (including phenoxy) is 1. The molecule has 0 aliphatic carbocycles. The Kier molecular flexibility index (Phi) is 6.18. The number of hydrogen-bond donors (Lipinski definition) is 2. The summed E-state index contributed by atoms with van der Waals surface area (Å²) in [7, 11) is -2.50. The molecule has 1 aliphatic heterocycles. The summed E-state index contributed by atoms with van der Waals surface area (Å²) >= 11 is 0. The van der Waals surface area contributed by atoms with Gasteiger partial charge in [-0.3, -0.25) is 9.89 Å². The monoisotopic (exact) mass is 457 g/mol. The maximum Gasteiger partial charge on any atom is 0.245 e. The van der Waals surface area contributed by atoms with Crippen molar-refractivity contribution in [2.45, 2.75) is 18.7 Å². The third-order valence-corrected chi connectivity index (χ3v) is 7.37. The van der Waals surface area contributed by atoms with Crippen molar-refractivity contribution in [3.8, 4) is 0 Å². The summed E-state index contributed by atoms with van der Waals surface area (Å²) in [5, 5.41) is 10.2. The van der Waals surface area contributed by atoms with Gasteiger partial charge in [0.25, 0.3) is 0 Å². The lowest BCUT2D eigenvalue weighted by atomic mass is 10.1. The highest BCUT2D eigenvalue weighted by atomic mass is 32.2. The average Bonchev–Trinajstić information content (AvgIpc) is 3.22. The number of morpholine rings is 1. The second kappa shape index (κ2) is 8.89. The Bertz CT molecular complexity index is 1250. The summed E-state index contributed by atoms with van der Waals surface area (Å²) in [6.07, 6.45) is 1.58. The molecule has 32 heavy (non-hydrogen) atoms. The van der Waals surface area contributed by atoms with E-state index in [4.69, 9.17) is 4.74 Å². The Morgan fingerprint density at radius 3 is 2.69 bits per heavy atom. The fourth-order valence-electron chi connectivity index (χ4n) is 3.92. The van der Waals surface area contributed by atoms with Gasteiger partial charge >= 0.3 is 0 Å². The predicted molar refractivity (Wildman–Crippen MR) is 123 cm³/mol. The number of aryl methyl sites for hydroxylation is 2. The minimum atomic E-state index is -3.89. The molecule has 0 radical (unpaired) electrons. The maximum atomic E-state index is 13.1. The van der Waals surface area contributed by atoms with Crippen molar-refractivity contribution < 1.29 is 17.9 Å². The highest BCUT2D eigenvalue weighted by Crippen LogP contribution is 2.26. The van der Waals surface area contributed by atoms with E-state index in [1.165, 1.54) is 7.05 Å². The van der Waals surface area contributed by atoms with Crippen LogP contribution in [0.25, 0.3) is 10.9 Å². The summed E-state index contributed by atoms with van der Waals surface area (Å²) in [5.41, 5.74) is 3.99. The number of rotatable bonds is 6. The molecule has 0 bridgehead atoms. The Morgan fingerprint density at radius 1 is 1.22 bits per heavy atom. The van der Waals surface area contributed by atoms with Crippen LogP contribution in [0.4, 0.5) is 11.4 Å². The van der Waals surface area contributed by atoms with Crippen LogP contribution in [-0.2, 0) is 19.6 Å². The normalized spacial score (nSPS) is 14.8. The lowest BCUT2D eigenvalue weighted by Gasteiger charge is -2.30. The molecule has 0 atom stereocenters. The highest BCUT2D eigenvalue weighted by Gasteiger charge is 2.26. The molecule has 4 rings (SSSR count). The fourth-order valence-corrected chi connectivity index (χ4v) is 5.30. The number of amides is 1. The number of carbonyl (C=O) groups is 1. The highest BCUT2D eigenvalue weighted by molar-refractivity contribution is 7.89. The van der Waals surface area contributed by atoms with Gasteiger partial charge < -0.3 is 15.0 Å². The van der Waals surface area contributed by atoms with E-state index in [0.29, 0.717) is 29.8 Å². The van der Waals surface area contributed by atoms with Gasteiger partial charge in [0.15, 0.2) is 0 Å². The SMILES string of the molecule is Cc1cc(S(=O)(=O)N(C)CC(=O)Nc2ccc(N3CCOCC3)c(C)c2)c2[nH]ncc2c1. The van der Waals surface area contributed by atoms with Crippen molar-refractivity contribution in [2.75, 3.05) is 50.1 Å². The van der Waals surface area contributed by atoms with Crippen LogP contribution in [0.5, 0.6) is 0 Å². The summed E-state index contributed by atoms with van der Waals surface area (Å²) < 4.78 is 32.7. The van der Waals surface area contributed by atoms with Gasteiger partial charge in [0.1, 0.15) is 4.90 Å². The fraction of sp³-hybridized carbons (Fsp3) is 0.364. The number of aromatic amines is 1.